The molecule has 2 aromatic heterocycles. The Morgan fingerprint density at radius 3 is 2.92 bits per heavy atom. The van der Waals surface area contributed by atoms with Gasteiger partial charge in [-0.05, 0) is 37.8 Å². The number of hydrogen-bond donors (Lipinski definition) is 0. The molecule has 0 unspecified atom stereocenters. The van der Waals surface area contributed by atoms with E-state index < -0.39 is 5.97 Å². The summed E-state index contributed by atoms with van der Waals surface area (Å²) >= 11 is 1.56. The second-order valence-electron chi connectivity index (χ2n) is 6.16. The van der Waals surface area contributed by atoms with Crippen molar-refractivity contribution in [2.75, 3.05) is 7.11 Å². The summed E-state index contributed by atoms with van der Waals surface area (Å²) in [5.74, 6) is -0.0539. The van der Waals surface area contributed by atoms with Gasteiger partial charge >= 0.3 is 5.97 Å². The molecule has 1 aliphatic carbocycles. The number of para-hydroxylation sites is 1. The second-order valence-corrected chi connectivity index (χ2v) is 7.22. The number of nitrogens with zero attached hydrogens (tertiary/aromatic N) is 2. The van der Waals surface area contributed by atoms with Gasteiger partial charge in [-0.15, -0.1) is 11.3 Å². The predicted molar refractivity (Wildman–Crippen MR) is 98.1 cm³/mol. The minimum absolute atomic E-state index is 0.0504. The minimum Gasteiger partial charge on any atom is -0.496 e. The van der Waals surface area contributed by atoms with Gasteiger partial charge in [-0.2, -0.15) is 0 Å². The van der Waals surface area contributed by atoms with Gasteiger partial charge in [0, 0.05) is 16.6 Å². The van der Waals surface area contributed by atoms with Crippen LogP contribution in [0.5, 0.6) is 5.75 Å². The van der Waals surface area contributed by atoms with E-state index in [9.17, 15) is 9.59 Å². The van der Waals surface area contributed by atoms with Crippen LogP contribution in [0.2, 0.25) is 0 Å². The number of hydrogen-bond acceptors (Lipinski definition) is 6. The van der Waals surface area contributed by atoms with E-state index in [1.807, 2.05) is 0 Å². The number of aryl methyl sites for hydroxylation is 2. The fourth-order valence-corrected chi connectivity index (χ4v) is 4.48. The topological polar surface area (TPSA) is 69.9 Å². The second kappa shape index (κ2) is 6.92. The van der Waals surface area contributed by atoms with E-state index in [0.29, 0.717) is 22.0 Å². The van der Waals surface area contributed by atoms with Crippen LogP contribution in [0.3, 0.4) is 0 Å². The van der Waals surface area contributed by atoms with Crippen molar-refractivity contribution < 1.29 is 14.3 Å². The first kappa shape index (κ1) is 16.8. The predicted octanol–water partition coefficient (Wildman–Crippen LogP) is 3.00. The molecule has 3 aromatic rings. The molecule has 0 N–H and O–H groups in total. The quantitative estimate of drug-likeness (QED) is 0.661. The third-order valence-electron chi connectivity index (χ3n) is 4.49. The average molecular weight is 370 g/mol. The normalized spacial score (nSPS) is 13.4. The number of methoxy groups -OCH3 is 1. The molecule has 0 bridgehead atoms. The van der Waals surface area contributed by atoms with Crippen LogP contribution in [0.1, 0.15) is 39.5 Å². The Bertz CT molecular complexity index is 1040. The van der Waals surface area contributed by atoms with Crippen LogP contribution >= 0.6 is 11.3 Å². The van der Waals surface area contributed by atoms with Crippen molar-refractivity contribution in [1.82, 2.24) is 9.38 Å². The van der Waals surface area contributed by atoms with Crippen molar-refractivity contribution in [2.45, 2.75) is 32.3 Å². The van der Waals surface area contributed by atoms with E-state index in [4.69, 9.17) is 9.47 Å². The van der Waals surface area contributed by atoms with Crippen LogP contribution < -0.4 is 10.3 Å². The monoisotopic (exact) mass is 370 g/mol. The van der Waals surface area contributed by atoms with Crippen LogP contribution in [0.25, 0.3) is 4.96 Å². The van der Waals surface area contributed by atoms with Crippen LogP contribution in [0, 0.1) is 0 Å². The molecule has 6 nitrogen and oxygen atoms in total. The summed E-state index contributed by atoms with van der Waals surface area (Å²) in [6.07, 6.45) is 4.17. The number of fused-ring (bicyclic) bond motifs is 3. The lowest BCUT2D eigenvalue weighted by Gasteiger charge is -2.10. The van der Waals surface area contributed by atoms with E-state index in [0.717, 1.165) is 31.4 Å². The Morgan fingerprint density at radius 1 is 1.27 bits per heavy atom. The van der Waals surface area contributed by atoms with Gasteiger partial charge in [0.2, 0.25) is 0 Å². The number of carbonyl (C=O) groups is 1. The Labute approximate surface area is 154 Å². The molecule has 26 heavy (non-hydrogen) atoms. The SMILES string of the molecule is COc1ccccc1C(=O)OCc1cc(=O)n2c3c(sc2n1)CCCC3. The third kappa shape index (κ3) is 2.99. The average Bonchev–Trinajstić information content (AvgIpc) is 3.05. The molecule has 0 spiro atoms. The van der Waals surface area contributed by atoms with E-state index in [-0.39, 0.29) is 12.2 Å². The number of esters is 1. The largest absolute Gasteiger partial charge is 0.496 e. The van der Waals surface area contributed by atoms with Crippen molar-refractivity contribution in [1.29, 1.82) is 0 Å². The van der Waals surface area contributed by atoms with Crippen molar-refractivity contribution in [3.8, 4) is 5.75 Å². The van der Waals surface area contributed by atoms with E-state index in [2.05, 4.69) is 4.98 Å². The first-order valence-electron chi connectivity index (χ1n) is 8.51. The molecule has 0 atom stereocenters. The Morgan fingerprint density at radius 2 is 2.08 bits per heavy atom. The molecule has 0 amide bonds. The number of ether oxygens (including phenoxy) is 2. The number of rotatable bonds is 4. The molecular weight excluding hydrogens is 352 g/mol. The minimum atomic E-state index is -0.505. The Hall–Kier alpha value is -2.67. The number of benzene rings is 1. The summed E-state index contributed by atoms with van der Waals surface area (Å²) in [6.45, 7) is -0.0504. The highest BCUT2D eigenvalue weighted by Crippen LogP contribution is 2.28. The van der Waals surface area contributed by atoms with E-state index >= 15 is 0 Å². The number of carbonyl (C=O) groups excluding carboxylic acids is 1. The van der Waals surface area contributed by atoms with Gasteiger partial charge < -0.3 is 9.47 Å². The molecule has 7 heteroatoms. The van der Waals surface area contributed by atoms with Crippen molar-refractivity contribution >= 4 is 22.3 Å². The van der Waals surface area contributed by atoms with Crippen molar-refractivity contribution in [3.63, 3.8) is 0 Å². The van der Waals surface area contributed by atoms with E-state index in [1.165, 1.54) is 18.1 Å². The lowest BCUT2D eigenvalue weighted by molar-refractivity contribution is 0.0464. The van der Waals surface area contributed by atoms with Gasteiger partial charge in [0.05, 0.1) is 12.8 Å². The zero-order chi connectivity index (χ0) is 18.1. The van der Waals surface area contributed by atoms with Gasteiger partial charge in [-0.1, -0.05) is 12.1 Å². The van der Waals surface area contributed by atoms with E-state index in [1.54, 1.807) is 40.0 Å². The summed E-state index contributed by atoms with van der Waals surface area (Å²) < 4.78 is 12.2. The molecule has 0 aliphatic heterocycles. The molecule has 0 radical (unpaired) electrons. The maximum absolute atomic E-state index is 12.5. The van der Waals surface area contributed by atoms with Gasteiger partial charge in [0.25, 0.3) is 5.56 Å². The standard InChI is InChI=1S/C19H18N2O4S/c1-24-15-8-4-2-6-13(15)18(23)25-11-12-10-17(22)21-14-7-3-5-9-16(14)26-19(21)20-12/h2,4,6,8,10H,3,5,7,9,11H2,1H3. The highest BCUT2D eigenvalue weighted by Gasteiger charge is 2.19. The molecule has 4 rings (SSSR count). The van der Waals surface area contributed by atoms with Gasteiger partial charge in [0.1, 0.15) is 17.9 Å². The highest BCUT2D eigenvalue weighted by atomic mass is 32.1. The van der Waals surface area contributed by atoms with Crippen LogP contribution in [0.4, 0.5) is 0 Å². The van der Waals surface area contributed by atoms with Crippen molar-refractivity contribution in [2.24, 2.45) is 0 Å². The highest BCUT2D eigenvalue weighted by molar-refractivity contribution is 7.17. The van der Waals surface area contributed by atoms with Crippen molar-refractivity contribution in [3.05, 3.63) is 62.5 Å². The van der Waals surface area contributed by atoms with Crippen LogP contribution in [-0.4, -0.2) is 22.5 Å². The summed E-state index contributed by atoms with van der Waals surface area (Å²) in [5.41, 5.74) is 1.78. The molecule has 0 saturated heterocycles. The number of aromatic nitrogens is 2. The molecule has 0 fully saturated rings. The molecule has 1 aromatic carbocycles. The summed E-state index contributed by atoms with van der Waals surface area (Å²) in [5, 5.41) is 0. The molecule has 134 valence electrons. The lowest BCUT2D eigenvalue weighted by atomic mass is 10.0. The third-order valence-corrected chi connectivity index (χ3v) is 5.64. The Kier molecular flexibility index (Phi) is 4.46. The molecular formula is C19H18N2O4S. The lowest BCUT2D eigenvalue weighted by Crippen LogP contribution is -2.18. The summed E-state index contributed by atoms with van der Waals surface area (Å²) in [7, 11) is 1.50. The first-order valence-corrected chi connectivity index (χ1v) is 9.32. The maximum Gasteiger partial charge on any atom is 0.342 e. The summed E-state index contributed by atoms with van der Waals surface area (Å²) in [4.78, 5) is 31.2. The Balaban J connectivity index is 1.58. The number of thiazole rings is 1. The van der Waals surface area contributed by atoms with Gasteiger partial charge in [0.15, 0.2) is 4.96 Å². The summed E-state index contributed by atoms with van der Waals surface area (Å²) in [6, 6.07) is 8.31. The van der Waals surface area contributed by atoms with Gasteiger partial charge in [-0.3, -0.25) is 9.20 Å². The molecule has 1 aliphatic rings. The maximum atomic E-state index is 12.5. The molecule has 0 saturated carbocycles. The first-order chi connectivity index (χ1) is 12.7. The molecule has 2 heterocycles. The zero-order valence-corrected chi connectivity index (χ0v) is 15.2. The smallest absolute Gasteiger partial charge is 0.342 e. The fourth-order valence-electron chi connectivity index (χ4n) is 3.25. The fraction of sp³-hybridized carbons (Fsp3) is 0.316. The van der Waals surface area contributed by atoms with Gasteiger partial charge in [-0.25, -0.2) is 9.78 Å². The zero-order valence-electron chi connectivity index (χ0n) is 14.4. The van der Waals surface area contributed by atoms with Crippen LogP contribution in [-0.2, 0) is 24.2 Å². The van der Waals surface area contributed by atoms with Crippen LogP contribution in [0.15, 0.2) is 35.1 Å².